The molecule has 7 heteroatoms. The van der Waals surface area contributed by atoms with Gasteiger partial charge in [-0.1, -0.05) is 0 Å². The second-order valence-corrected chi connectivity index (χ2v) is 3.48. The summed E-state index contributed by atoms with van der Waals surface area (Å²) in [5.41, 5.74) is 5.37. The van der Waals surface area contributed by atoms with E-state index in [4.69, 9.17) is 5.73 Å². The van der Waals surface area contributed by atoms with Crippen LogP contribution in [0.5, 0.6) is 0 Å². The molecule has 0 fully saturated rings. The molecule has 14 heavy (non-hydrogen) atoms. The van der Waals surface area contributed by atoms with Gasteiger partial charge in [-0.3, -0.25) is 4.79 Å². The van der Waals surface area contributed by atoms with Crippen LogP contribution in [-0.2, 0) is 4.79 Å². The Balaban J connectivity index is 2.50. The summed E-state index contributed by atoms with van der Waals surface area (Å²) in [5, 5.41) is 3.34. The summed E-state index contributed by atoms with van der Waals surface area (Å²) < 4.78 is 3.83. The monoisotopic (exact) mass is 215 g/mol. The summed E-state index contributed by atoms with van der Waals surface area (Å²) in [6.07, 6.45) is 0. The Morgan fingerprint density at radius 1 is 1.71 bits per heavy atom. The van der Waals surface area contributed by atoms with Crippen molar-refractivity contribution in [3.05, 3.63) is 0 Å². The highest BCUT2D eigenvalue weighted by molar-refractivity contribution is 7.09. The summed E-state index contributed by atoms with van der Waals surface area (Å²) >= 11 is 1.18. The highest BCUT2D eigenvalue weighted by Gasteiger charge is 2.10. The first-order valence-corrected chi connectivity index (χ1v) is 4.97. The first-order valence-electron chi connectivity index (χ1n) is 4.20. The van der Waals surface area contributed by atoms with E-state index in [1.165, 1.54) is 11.5 Å². The van der Waals surface area contributed by atoms with Crippen LogP contribution in [0.15, 0.2) is 0 Å². The van der Waals surface area contributed by atoms with Crippen LogP contribution in [0.3, 0.4) is 0 Å². The quantitative estimate of drug-likeness (QED) is 0.720. The van der Waals surface area contributed by atoms with E-state index in [2.05, 4.69) is 14.7 Å². The van der Waals surface area contributed by atoms with Crippen LogP contribution in [0.25, 0.3) is 0 Å². The highest BCUT2D eigenvalue weighted by atomic mass is 32.1. The first kappa shape index (κ1) is 10.7. The molecule has 0 bridgehead atoms. The van der Waals surface area contributed by atoms with E-state index in [9.17, 15) is 4.79 Å². The van der Waals surface area contributed by atoms with Gasteiger partial charge >= 0.3 is 0 Å². The van der Waals surface area contributed by atoms with Crippen molar-refractivity contribution < 1.29 is 4.79 Å². The molecular weight excluding hydrogens is 202 g/mol. The second-order valence-electron chi connectivity index (χ2n) is 2.74. The predicted molar refractivity (Wildman–Crippen MR) is 56.3 cm³/mol. The molecule has 1 aromatic rings. The fraction of sp³-hybridized carbons (Fsp3) is 0.571. The largest absolute Gasteiger partial charge is 0.367 e. The van der Waals surface area contributed by atoms with Crippen LogP contribution in [0, 0.1) is 0 Å². The van der Waals surface area contributed by atoms with Crippen molar-refractivity contribution in [3.8, 4) is 0 Å². The fourth-order valence-corrected chi connectivity index (χ4v) is 1.47. The third kappa shape index (κ3) is 2.84. The Hall–Kier alpha value is -1.37. The van der Waals surface area contributed by atoms with Crippen molar-refractivity contribution in [2.24, 2.45) is 0 Å². The van der Waals surface area contributed by atoms with Crippen LogP contribution in [-0.4, -0.2) is 35.4 Å². The van der Waals surface area contributed by atoms with Gasteiger partial charge in [0.1, 0.15) is 0 Å². The lowest BCUT2D eigenvalue weighted by Gasteiger charge is -2.13. The lowest BCUT2D eigenvalue weighted by molar-refractivity contribution is -0.119. The minimum Gasteiger partial charge on any atom is -0.367 e. The molecule has 0 atom stereocenters. The van der Waals surface area contributed by atoms with E-state index in [0.717, 1.165) is 0 Å². The second kappa shape index (κ2) is 4.75. The molecule has 0 unspecified atom stereocenters. The average molecular weight is 215 g/mol. The first-order chi connectivity index (χ1) is 6.63. The van der Waals surface area contributed by atoms with Crippen LogP contribution in [0.4, 0.5) is 11.1 Å². The maximum Gasteiger partial charge on any atom is 0.239 e. The van der Waals surface area contributed by atoms with Gasteiger partial charge in [-0.15, -0.1) is 0 Å². The van der Waals surface area contributed by atoms with Crippen molar-refractivity contribution in [1.29, 1.82) is 0 Å². The predicted octanol–water partition coefficient (Wildman–Crippen LogP) is -0.307. The smallest absolute Gasteiger partial charge is 0.239 e. The van der Waals surface area contributed by atoms with Crippen molar-refractivity contribution >= 4 is 28.5 Å². The molecule has 0 saturated heterocycles. The Kier molecular flexibility index (Phi) is 3.63. The van der Waals surface area contributed by atoms with Crippen LogP contribution < -0.4 is 16.0 Å². The number of amides is 1. The molecular formula is C7H13N5OS. The molecule has 0 aliphatic carbocycles. The van der Waals surface area contributed by atoms with Gasteiger partial charge in [0.15, 0.2) is 0 Å². The lowest BCUT2D eigenvalue weighted by Crippen LogP contribution is -2.34. The fourth-order valence-electron chi connectivity index (χ4n) is 0.918. The SMILES string of the molecule is CCNC(=O)CN(C)c1nc(N)ns1. The molecule has 0 aromatic carbocycles. The Morgan fingerprint density at radius 3 is 2.93 bits per heavy atom. The number of likely N-dealkylation sites (N-methyl/N-ethyl adjacent to an activating group) is 2. The third-order valence-corrected chi connectivity index (χ3v) is 2.36. The van der Waals surface area contributed by atoms with Gasteiger partial charge in [0.05, 0.1) is 6.54 Å². The van der Waals surface area contributed by atoms with E-state index in [1.54, 1.807) is 11.9 Å². The summed E-state index contributed by atoms with van der Waals surface area (Å²) in [5.74, 6) is 0.205. The van der Waals surface area contributed by atoms with E-state index >= 15 is 0 Å². The van der Waals surface area contributed by atoms with E-state index in [0.29, 0.717) is 11.7 Å². The van der Waals surface area contributed by atoms with Gasteiger partial charge in [-0.05, 0) is 6.92 Å². The van der Waals surface area contributed by atoms with Gasteiger partial charge in [-0.25, -0.2) is 0 Å². The minimum absolute atomic E-state index is 0.0382. The van der Waals surface area contributed by atoms with E-state index < -0.39 is 0 Å². The summed E-state index contributed by atoms with van der Waals surface area (Å²) in [6, 6.07) is 0. The van der Waals surface area contributed by atoms with Gasteiger partial charge in [0.25, 0.3) is 0 Å². The third-order valence-electron chi connectivity index (χ3n) is 1.51. The number of hydrogen-bond donors (Lipinski definition) is 2. The van der Waals surface area contributed by atoms with Gasteiger partial charge in [0.2, 0.25) is 17.0 Å². The molecule has 78 valence electrons. The number of nitrogens with two attached hydrogens (primary N) is 1. The number of nitrogen functional groups attached to an aromatic ring is 1. The standard InChI is InChI=1S/C7H13N5OS/c1-3-9-5(13)4-12(2)7-10-6(8)11-14-7/h3-4H2,1-2H3,(H2,8,11)(H,9,13). The molecule has 0 aliphatic heterocycles. The topological polar surface area (TPSA) is 84.1 Å². The summed E-state index contributed by atoms with van der Waals surface area (Å²) in [7, 11) is 1.77. The Morgan fingerprint density at radius 2 is 2.43 bits per heavy atom. The Bertz CT molecular complexity index is 313. The minimum atomic E-state index is -0.0382. The zero-order valence-electron chi connectivity index (χ0n) is 8.15. The number of carbonyl (C=O) groups excluding carboxylic acids is 1. The molecule has 6 nitrogen and oxygen atoms in total. The molecule has 0 spiro atoms. The van der Waals surface area contributed by atoms with Gasteiger partial charge in [-0.2, -0.15) is 9.36 Å². The summed E-state index contributed by atoms with van der Waals surface area (Å²) in [4.78, 5) is 16.9. The maximum absolute atomic E-state index is 11.2. The molecule has 1 heterocycles. The van der Waals surface area contributed by atoms with Crippen molar-refractivity contribution in [1.82, 2.24) is 14.7 Å². The number of rotatable bonds is 4. The number of anilines is 2. The van der Waals surface area contributed by atoms with Crippen molar-refractivity contribution in [2.75, 3.05) is 30.8 Å². The van der Waals surface area contributed by atoms with Crippen molar-refractivity contribution in [2.45, 2.75) is 6.92 Å². The van der Waals surface area contributed by atoms with Crippen LogP contribution in [0.2, 0.25) is 0 Å². The molecule has 1 rings (SSSR count). The Labute approximate surface area is 86.3 Å². The molecule has 3 N–H and O–H groups in total. The van der Waals surface area contributed by atoms with E-state index in [1.807, 2.05) is 6.92 Å². The molecule has 0 aliphatic rings. The number of aromatic nitrogens is 2. The highest BCUT2D eigenvalue weighted by Crippen LogP contribution is 2.15. The normalized spacial score (nSPS) is 9.86. The summed E-state index contributed by atoms with van der Waals surface area (Å²) in [6.45, 7) is 2.77. The lowest BCUT2D eigenvalue weighted by atomic mass is 10.5. The average Bonchev–Trinajstić information content (AvgIpc) is 2.52. The molecule has 1 amide bonds. The zero-order chi connectivity index (χ0) is 10.6. The molecule has 0 saturated carbocycles. The van der Waals surface area contributed by atoms with Gasteiger partial charge in [0, 0.05) is 25.1 Å². The van der Waals surface area contributed by atoms with Crippen LogP contribution >= 0.6 is 11.5 Å². The van der Waals surface area contributed by atoms with Crippen LogP contribution in [0.1, 0.15) is 6.92 Å². The van der Waals surface area contributed by atoms with Crippen molar-refractivity contribution in [3.63, 3.8) is 0 Å². The zero-order valence-corrected chi connectivity index (χ0v) is 8.97. The molecule has 0 radical (unpaired) electrons. The maximum atomic E-state index is 11.2. The number of nitrogens with one attached hydrogen (secondary N) is 1. The number of hydrogen-bond acceptors (Lipinski definition) is 6. The number of carbonyl (C=O) groups is 1. The number of nitrogens with zero attached hydrogens (tertiary/aromatic N) is 3. The van der Waals surface area contributed by atoms with Gasteiger partial charge < -0.3 is 16.0 Å². The molecule has 1 aromatic heterocycles. The van der Waals surface area contributed by atoms with E-state index in [-0.39, 0.29) is 18.4 Å².